The second kappa shape index (κ2) is 5.52. The first-order valence-corrected chi connectivity index (χ1v) is 6.43. The van der Waals surface area contributed by atoms with Gasteiger partial charge in [-0.25, -0.2) is 4.79 Å². The largest absolute Gasteiger partial charge is 0.478 e. The third kappa shape index (κ3) is 3.22. The van der Waals surface area contributed by atoms with E-state index in [2.05, 4.69) is 15.5 Å². The molecule has 0 aromatic carbocycles. The molecule has 8 heteroatoms. The molecule has 0 unspecified atom stereocenters. The number of nitrogens with zero attached hydrogens (tertiary/aromatic N) is 2. The molecule has 0 aliphatic rings. The van der Waals surface area contributed by atoms with Crippen molar-refractivity contribution in [2.24, 2.45) is 0 Å². The summed E-state index contributed by atoms with van der Waals surface area (Å²) >= 11 is 2.42. The van der Waals surface area contributed by atoms with Gasteiger partial charge in [-0.15, -0.1) is 21.5 Å². The highest BCUT2D eigenvalue weighted by atomic mass is 32.1. The van der Waals surface area contributed by atoms with Gasteiger partial charge in [0.25, 0.3) is 5.91 Å². The molecule has 2 rings (SSSR count). The average molecular weight is 281 g/mol. The van der Waals surface area contributed by atoms with E-state index in [1.54, 1.807) is 12.1 Å². The third-order valence-electron chi connectivity index (χ3n) is 1.82. The van der Waals surface area contributed by atoms with E-state index in [1.807, 2.05) is 0 Å². The number of carbonyl (C=O) groups is 2. The minimum absolute atomic E-state index is 0.285. The van der Waals surface area contributed by atoms with Crippen LogP contribution in [0.25, 0.3) is 6.08 Å². The lowest BCUT2D eigenvalue weighted by Crippen LogP contribution is -2.09. The number of thiophene rings is 1. The van der Waals surface area contributed by atoms with E-state index >= 15 is 0 Å². The van der Waals surface area contributed by atoms with E-state index in [4.69, 9.17) is 5.11 Å². The molecular formula is C10H7N3O3S2. The van der Waals surface area contributed by atoms with Crippen LogP contribution in [-0.4, -0.2) is 27.2 Å². The van der Waals surface area contributed by atoms with Crippen molar-refractivity contribution in [2.75, 3.05) is 5.32 Å². The Morgan fingerprint density at radius 1 is 1.39 bits per heavy atom. The number of rotatable bonds is 4. The van der Waals surface area contributed by atoms with Crippen LogP contribution in [0, 0.1) is 0 Å². The normalized spacial score (nSPS) is 10.7. The topological polar surface area (TPSA) is 92.2 Å². The smallest absolute Gasteiger partial charge is 0.328 e. The monoisotopic (exact) mass is 281 g/mol. The fourth-order valence-corrected chi connectivity index (χ4v) is 2.35. The number of nitrogens with one attached hydrogen (secondary N) is 1. The van der Waals surface area contributed by atoms with Crippen LogP contribution in [0.4, 0.5) is 5.13 Å². The number of hydrogen-bond donors (Lipinski definition) is 2. The van der Waals surface area contributed by atoms with E-state index in [-0.39, 0.29) is 5.91 Å². The van der Waals surface area contributed by atoms with Gasteiger partial charge in [0.15, 0.2) is 0 Å². The summed E-state index contributed by atoms with van der Waals surface area (Å²) in [5.41, 5.74) is 1.52. The summed E-state index contributed by atoms with van der Waals surface area (Å²) in [6, 6.07) is 3.31. The van der Waals surface area contributed by atoms with Crippen LogP contribution in [0.15, 0.2) is 23.7 Å². The van der Waals surface area contributed by atoms with Gasteiger partial charge in [0.2, 0.25) is 5.13 Å². The van der Waals surface area contributed by atoms with Crippen molar-refractivity contribution in [3.63, 3.8) is 0 Å². The molecule has 0 atom stereocenters. The van der Waals surface area contributed by atoms with Gasteiger partial charge in [-0.1, -0.05) is 11.3 Å². The molecule has 2 N–H and O–H groups in total. The van der Waals surface area contributed by atoms with Crippen LogP contribution in [0.5, 0.6) is 0 Å². The van der Waals surface area contributed by atoms with Gasteiger partial charge in [0.05, 0.1) is 4.88 Å². The first kappa shape index (κ1) is 12.4. The number of anilines is 1. The zero-order valence-electron chi connectivity index (χ0n) is 8.86. The predicted octanol–water partition coefficient (Wildman–Crippen LogP) is 1.95. The average Bonchev–Trinajstić information content (AvgIpc) is 2.96. The Hall–Kier alpha value is -2.06. The molecule has 0 aliphatic heterocycles. The number of hydrogen-bond acceptors (Lipinski definition) is 6. The molecule has 2 aromatic heterocycles. The van der Waals surface area contributed by atoms with Crippen molar-refractivity contribution in [2.45, 2.75) is 0 Å². The van der Waals surface area contributed by atoms with Gasteiger partial charge >= 0.3 is 5.97 Å². The Labute approximate surface area is 110 Å². The number of aliphatic carboxylic acids is 1. The molecule has 2 heterocycles. The lowest BCUT2D eigenvalue weighted by atomic mass is 10.4. The van der Waals surface area contributed by atoms with Crippen molar-refractivity contribution in [1.82, 2.24) is 10.2 Å². The predicted molar refractivity (Wildman–Crippen MR) is 68.9 cm³/mol. The summed E-state index contributed by atoms with van der Waals surface area (Å²) in [6.07, 6.45) is 2.47. The highest BCUT2D eigenvalue weighted by Gasteiger charge is 2.10. The molecule has 0 spiro atoms. The maximum Gasteiger partial charge on any atom is 0.328 e. The number of carbonyl (C=O) groups excluding carboxylic acids is 1. The van der Waals surface area contributed by atoms with Gasteiger partial charge in [0.1, 0.15) is 5.51 Å². The Bertz CT molecular complexity index is 589. The SMILES string of the molecule is O=C(O)/C=C/c1ccc(C(=O)Nc2nncs2)s1. The van der Waals surface area contributed by atoms with Gasteiger partial charge in [-0.2, -0.15) is 0 Å². The summed E-state index contributed by atoms with van der Waals surface area (Å²) in [7, 11) is 0. The van der Waals surface area contributed by atoms with Crippen molar-refractivity contribution < 1.29 is 14.7 Å². The molecule has 2 aromatic rings. The van der Waals surface area contributed by atoms with Crippen molar-refractivity contribution in [3.05, 3.63) is 33.5 Å². The zero-order valence-corrected chi connectivity index (χ0v) is 10.5. The first-order valence-electron chi connectivity index (χ1n) is 4.73. The molecule has 0 radical (unpaired) electrons. The molecule has 92 valence electrons. The van der Waals surface area contributed by atoms with Gasteiger partial charge in [0, 0.05) is 11.0 Å². The first-order chi connectivity index (χ1) is 8.65. The summed E-state index contributed by atoms with van der Waals surface area (Å²) in [6.45, 7) is 0. The number of carboxylic acid groups (broad SMARTS) is 1. The van der Waals surface area contributed by atoms with Crippen LogP contribution < -0.4 is 5.32 Å². The lowest BCUT2D eigenvalue weighted by molar-refractivity contribution is -0.131. The Balaban J connectivity index is 2.05. The van der Waals surface area contributed by atoms with Gasteiger partial charge in [-0.3, -0.25) is 10.1 Å². The lowest BCUT2D eigenvalue weighted by Gasteiger charge is -1.96. The molecule has 1 amide bonds. The molecule has 0 fully saturated rings. The molecule has 0 aliphatic carbocycles. The zero-order chi connectivity index (χ0) is 13.0. The highest BCUT2D eigenvalue weighted by Crippen LogP contribution is 2.19. The third-order valence-corrected chi connectivity index (χ3v) is 3.48. The van der Waals surface area contributed by atoms with E-state index in [1.165, 1.54) is 34.3 Å². The van der Waals surface area contributed by atoms with Crippen LogP contribution in [-0.2, 0) is 4.79 Å². The molecule has 6 nitrogen and oxygen atoms in total. The Kier molecular flexibility index (Phi) is 3.80. The van der Waals surface area contributed by atoms with Crippen LogP contribution in [0.1, 0.15) is 14.5 Å². The Morgan fingerprint density at radius 2 is 2.22 bits per heavy atom. The summed E-state index contributed by atoms with van der Waals surface area (Å²) in [5, 5.41) is 18.8. The summed E-state index contributed by atoms with van der Waals surface area (Å²) < 4.78 is 0. The maximum atomic E-state index is 11.8. The molecular weight excluding hydrogens is 274 g/mol. The van der Waals surface area contributed by atoms with E-state index in [0.29, 0.717) is 14.9 Å². The number of carboxylic acids is 1. The van der Waals surface area contributed by atoms with Crippen LogP contribution in [0.3, 0.4) is 0 Å². The van der Waals surface area contributed by atoms with E-state index in [0.717, 1.165) is 6.08 Å². The molecule has 18 heavy (non-hydrogen) atoms. The fraction of sp³-hybridized carbons (Fsp3) is 0. The summed E-state index contributed by atoms with van der Waals surface area (Å²) in [5.74, 6) is -1.31. The quantitative estimate of drug-likeness (QED) is 0.836. The standard InChI is InChI=1S/C10H7N3O3S2/c14-8(15)4-2-6-1-3-7(18-6)9(16)12-10-13-11-5-17-10/h1-5H,(H,14,15)(H,12,13,16)/b4-2+. The van der Waals surface area contributed by atoms with Crippen molar-refractivity contribution >= 4 is 45.8 Å². The second-order valence-corrected chi connectivity index (χ2v) is 5.02. The Morgan fingerprint density at radius 3 is 2.89 bits per heavy atom. The van der Waals surface area contributed by atoms with Gasteiger partial charge in [-0.05, 0) is 18.2 Å². The number of amides is 1. The fourth-order valence-electron chi connectivity index (χ4n) is 1.10. The van der Waals surface area contributed by atoms with Crippen molar-refractivity contribution in [1.29, 1.82) is 0 Å². The number of aromatic nitrogens is 2. The highest BCUT2D eigenvalue weighted by molar-refractivity contribution is 7.15. The molecule has 0 saturated carbocycles. The van der Waals surface area contributed by atoms with Crippen LogP contribution in [0.2, 0.25) is 0 Å². The summed E-state index contributed by atoms with van der Waals surface area (Å²) in [4.78, 5) is 23.3. The molecule has 0 bridgehead atoms. The van der Waals surface area contributed by atoms with Crippen molar-refractivity contribution in [3.8, 4) is 0 Å². The minimum Gasteiger partial charge on any atom is -0.478 e. The maximum absolute atomic E-state index is 11.8. The minimum atomic E-state index is -1.02. The second-order valence-electron chi connectivity index (χ2n) is 3.07. The van der Waals surface area contributed by atoms with Crippen LogP contribution >= 0.6 is 22.7 Å². The molecule has 0 saturated heterocycles. The van der Waals surface area contributed by atoms with Gasteiger partial charge < -0.3 is 5.11 Å². The van der Waals surface area contributed by atoms with E-state index in [9.17, 15) is 9.59 Å². The van der Waals surface area contributed by atoms with E-state index < -0.39 is 5.97 Å².